The van der Waals surface area contributed by atoms with Crippen molar-refractivity contribution in [2.45, 2.75) is 20.5 Å². The van der Waals surface area contributed by atoms with Gasteiger partial charge in [-0.15, -0.1) is 11.3 Å². The summed E-state index contributed by atoms with van der Waals surface area (Å²) in [5, 5.41) is 3.66. The summed E-state index contributed by atoms with van der Waals surface area (Å²) in [5.74, 6) is 1.38. The minimum absolute atomic E-state index is 0.171. The molecule has 1 aromatic heterocycles. The maximum absolute atomic E-state index is 12.5. The van der Waals surface area contributed by atoms with Crippen molar-refractivity contribution in [1.82, 2.24) is 4.98 Å². The van der Waals surface area contributed by atoms with E-state index >= 15 is 0 Å². The number of nitrogens with zero attached hydrogens (tertiary/aromatic N) is 1. The Morgan fingerprint density at radius 3 is 2.42 bits per heavy atom. The molecular formula is C20H20N2O3S. The molecule has 6 heteroatoms. The molecule has 0 bridgehead atoms. The Balaban J connectivity index is 1.63. The Kier molecular flexibility index (Phi) is 5.86. The number of benzene rings is 2. The summed E-state index contributed by atoms with van der Waals surface area (Å²) in [6.07, 6.45) is 0. The standard InChI is InChI=1S/C20H20N2O3S/c1-3-24-17-11-9-15(10-12-17)22-20(23)19-14(2)21-18(26-19)13-25-16-7-5-4-6-8-16/h4-12H,3,13H2,1-2H3,(H,22,23). The fraction of sp³-hybridized carbons (Fsp3) is 0.200. The van der Waals surface area contributed by atoms with Crippen LogP contribution in [-0.2, 0) is 6.61 Å². The molecule has 26 heavy (non-hydrogen) atoms. The van der Waals surface area contributed by atoms with Gasteiger partial charge in [0.05, 0.1) is 12.3 Å². The molecule has 1 amide bonds. The summed E-state index contributed by atoms with van der Waals surface area (Å²) >= 11 is 1.34. The Labute approximate surface area is 156 Å². The number of nitrogens with one attached hydrogen (secondary N) is 1. The zero-order valence-electron chi connectivity index (χ0n) is 14.7. The first kappa shape index (κ1) is 17.9. The number of rotatable bonds is 7. The van der Waals surface area contributed by atoms with Crippen LogP contribution in [0.1, 0.15) is 27.3 Å². The number of aryl methyl sites for hydroxylation is 1. The van der Waals surface area contributed by atoms with Crippen LogP contribution in [0.2, 0.25) is 0 Å². The number of thiazole rings is 1. The van der Waals surface area contributed by atoms with Gasteiger partial charge in [-0.3, -0.25) is 4.79 Å². The number of carbonyl (C=O) groups excluding carboxylic acids is 1. The van der Waals surface area contributed by atoms with Crippen molar-refractivity contribution >= 4 is 22.9 Å². The van der Waals surface area contributed by atoms with Crippen LogP contribution in [0.15, 0.2) is 54.6 Å². The fourth-order valence-electron chi connectivity index (χ4n) is 2.38. The van der Waals surface area contributed by atoms with Crippen molar-refractivity contribution in [1.29, 1.82) is 0 Å². The molecule has 1 N–H and O–H groups in total. The molecule has 0 unspecified atom stereocenters. The van der Waals surface area contributed by atoms with E-state index in [9.17, 15) is 4.79 Å². The Morgan fingerprint density at radius 2 is 1.73 bits per heavy atom. The van der Waals surface area contributed by atoms with Gasteiger partial charge in [0.1, 0.15) is 28.0 Å². The zero-order chi connectivity index (χ0) is 18.4. The second kappa shape index (κ2) is 8.49. The summed E-state index contributed by atoms with van der Waals surface area (Å²) < 4.78 is 11.1. The number of carbonyl (C=O) groups is 1. The summed E-state index contributed by atoms with van der Waals surface area (Å²) in [6.45, 7) is 4.71. The summed E-state index contributed by atoms with van der Waals surface area (Å²) in [4.78, 5) is 17.5. The number of amides is 1. The van der Waals surface area contributed by atoms with Crippen molar-refractivity contribution in [3.63, 3.8) is 0 Å². The Bertz CT molecular complexity index is 861. The maximum Gasteiger partial charge on any atom is 0.267 e. The van der Waals surface area contributed by atoms with Crippen molar-refractivity contribution in [2.75, 3.05) is 11.9 Å². The van der Waals surface area contributed by atoms with Gasteiger partial charge in [0.15, 0.2) is 0 Å². The highest BCUT2D eigenvalue weighted by molar-refractivity contribution is 7.13. The first-order valence-electron chi connectivity index (χ1n) is 8.34. The molecule has 0 aliphatic heterocycles. The molecule has 0 saturated heterocycles. The number of para-hydroxylation sites is 1. The van der Waals surface area contributed by atoms with Crippen LogP contribution in [0.5, 0.6) is 11.5 Å². The highest BCUT2D eigenvalue weighted by atomic mass is 32.1. The average Bonchev–Trinajstić information content (AvgIpc) is 3.03. The molecule has 0 aliphatic carbocycles. The van der Waals surface area contributed by atoms with E-state index in [2.05, 4.69) is 10.3 Å². The van der Waals surface area contributed by atoms with Gasteiger partial charge in [0.2, 0.25) is 0 Å². The van der Waals surface area contributed by atoms with Gasteiger partial charge in [-0.25, -0.2) is 4.98 Å². The lowest BCUT2D eigenvalue weighted by molar-refractivity contribution is 0.103. The molecular weight excluding hydrogens is 348 g/mol. The lowest BCUT2D eigenvalue weighted by Crippen LogP contribution is -2.11. The van der Waals surface area contributed by atoms with Crippen molar-refractivity contribution in [3.05, 3.63) is 70.2 Å². The van der Waals surface area contributed by atoms with E-state index in [1.54, 1.807) is 0 Å². The molecule has 0 radical (unpaired) electrons. The lowest BCUT2D eigenvalue weighted by atomic mass is 10.3. The van der Waals surface area contributed by atoms with Gasteiger partial charge >= 0.3 is 0 Å². The van der Waals surface area contributed by atoms with Crippen LogP contribution < -0.4 is 14.8 Å². The van der Waals surface area contributed by atoms with Crippen LogP contribution in [0.25, 0.3) is 0 Å². The van der Waals surface area contributed by atoms with Crippen LogP contribution in [-0.4, -0.2) is 17.5 Å². The van der Waals surface area contributed by atoms with Crippen molar-refractivity contribution in [3.8, 4) is 11.5 Å². The molecule has 0 aliphatic rings. The summed E-state index contributed by atoms with van der Waals surface area (Å²) in [5.41, 5.74) is 1.42. The van der Waals surface area contributed by atoms with Crippen LogP contribution in [0, 0.1) is 6.92 Å². The highest BCUT2D eigenvalue weighted by Crippen LogP contribution is 2.22. The molecule has 3 rings (SSSR count). The molecule has 0 spiro atoms. The third kappa shape index (κ3) is 4.61. The van der Waals surface area contributed by atoms with Crippen LogP contribution in [0.3, 0.4) is 0 Å². The highest BCUT2D eigenvalue weighted by Gasteiger charge is 2.16. The largest absolute Gasteiger partial charge is 0.494 e. The molecule has 0 fully saturated rings. The average molecular weight is 368 g/mol. The summed E-state index contributed by atoms with van der Waals surface area (Å²) in [6, 6.07) is 16.8. The molecule has 134 valence electrons. The number of hydrogen-bond acceptors (Lipinski definition) is 5. The van der Waals surface area contributed by atoms with Crippen LogP contribution >= 0.6 is 11.3 Å². The monoisotopic (exact) mass is 368 g/mol. The van der Waals surface area contributed by atoms with Gasteiger partial charge in [-0.05, 0) is 50.2 Å². The predicted molar refractivity (Wildman–Crippen MR) is 103 cm³/mol. The van der Waals surface area contributed by atoms with E-state index in [-0.39, 0.29) is 5.91 Å². The lowest BCUT2D eigenvalue weighted by Gasteiger charge is -2.06. The van der Waals surface area contributed by atoms with Gasteiger partial charge in [-0.1, -0.05) is 18.2 Å². The van der Waals surface area contributed by atoms with E-state index in [0.29, 0.717) is 29.5 Å². The van der Waals surface area contributed by atoms with Gasteiger partial charge in [0.25, 0.3) is 5.91 Å². The maximum atomic E-state index is 12.5. The van der Waals surface area contributed by atoms with Gasteiger partial charge in [0, 0.05) is 5.69 Å². The van der Waals surface area contributed by atoms with Gasteiger partial charge in [-0.2, -0.15) is 0 Å². The zero-order valence-corrected chi connectivity index (χ0v) is 15.5. The summed E-state index contributed by atoms with van der Waals surface area (Å²) in [7, 11) is 0. The topological polar surface area (TPSA) is 60.5 Å². The van der Waals surface area contributed by atoms with Crippen molar-refractivity contribution in [2.24, 2.45) is 0 Å². The van der Waals surface area contributed by atoms with E-state index in [4.69, 9.17) is 9.47 Å². The Morgan fingerprint density at radius 1 is 1.04 bits per heavy atom. The number of ether oxygens (including phenoxy) is 2. The number of anilines is 1. The second-order valence-corrected chi connectivity index (χ2v) is 6.62. The second-order valence-electron chi connectivity index (χ2n) is 5.54. The fourth-order valence-corrected chi connectivity index (χ4v) is 3.25. The first-order chi connectivity index (χ1) is 12.7. The van der Waals surface area contributed by atoms with E-state index in [1.807, 2.05) is 68.4 Å². The first-order valence-corrected chi connectivity index (χ1v) is 9.15. The predicted octanol–water partition coefficient (Wildman–Crippen LogP) is 4.68. The Hall–Kier alpha value is -2.86. The van der Waals surface area contributed by atoms with E-state index in [1.165, 1.54) is 11.3 Å². The number of hydrogen-bond donors (Lipinski definition) is 1. The molecule has 2 aromatic carbocycles. The third-order valence-corrected chi connectivity index (χ3v) is 4.71. The van der Waals surface area contributed by atoms with E-state index in [0.717, 1.165) is 16.5 Å². The smallest absolute Gasteiger partial charge is 0.267 e. The number of aromatic nitrogens is 1. The van der Waals surface area contributed by atoms with Crippen molar-refractivity contribution < 1.29 is 14.3 Å². The molecule has 5 nitrogen and oxygen atoms in total. The quantitative estimate of drug-likeness (QED) is 0.658. The minimum Gasteiger partial charge on any atom is -0.494 e. The molecule has 0 atom stereocenters. The SMILES string of the molecule is CCOc1ccc(NC(=O)c2sc(COc3ccccc3)nc2C)cc1. The van der Waals surface area contributed by atoms with Gasteiger partial charge < -0.3 is 14.8 Å². The third-order valence-electron chi connectivity index (χ3n) is 3.58. The molecule has 0 saturated carbocycles. The van der Waals surface area contributed by atoms with E-state index < -0.39 is 0 Å². The molecule has 1 heterocycles. The minimum atomic E-state index is -0.171. The van der Waals surface area contributed by atoms with Crippen LogP contribution in [0.4, 0.5) is 5.69 Å². The normalized spacial score (nSPS) is 10.4. The molecule has 3 aromatic rings.